The molecule has 0 saturated carbocycles. The lowest BCUT2D eigenvalue weighted by Crippen LogP contribution is -2.07. The molecule has 0 heterocycles. The van der Waals surface area contributed by atoms with Crippen LogP contribution in [0.5, 0.6) is 5.75 Å². The molecule has 0 aliphatic carbocycles. The molecule has 0 fully saturated rings. The molecule has 13 heavy (non-hydrogen) atoms. The quantitative estimate of drug-likeness (QED) is 0.360. The van der Waals surface area contributed by atoms with Gasteiger partial charge >= 0.3 is 0 Å². The molecule has 4 N–H and O–H groups in total. The first-order chi connectivity index (χ1) is 6.13. The zero-order chi connectivity index (χ0) is 9.84. The monoisotopic (exact) mass is 178 g/mol. The zero-order valence-corrected chi connectivity index (χ0v) is 6.95. The Hall–Kier alpha value is -1.97. The number of hydrogen-bond acceptors (Lipinski definition) is 3. The van der Waals surface area contributed by atoms with E-state index in [1.165, 1.54) is 12.1 Å². The van der Waals surface area contributed by atoms with Gasteiger partial charge in [0.05, 0.1) is 5.69 Å². The minimum Gasteiger partial charge on any atom is -0.506 e. The summed E-state index contributed by atoms with van der Waals surface area (Å²) in [5.74, 6) is -0.435. The van der Waals surface area contributed by atoms with E-state index in [4.69, 9.17) is 5.73 Å². The summed E-state index contributed by atoms with van der Waals surface area (Å²) in [7, 11) is 0. The highest BCUT2D eigenvalue weighted by Crippen LogP contribution is 2.24. The van der Waals surface area contributed by atoms with E-state index in [9.17, 15) is 9.90 Å². The van der Waals surface area contributed by atoms with Gasteiger partial charge in [-0.05, 0) is 18.2 Å². The Labute approximate surface area is 75.7 Å². The van der Waals surface area contributed by atoms with Crippen molar-refractivity contribution in [2.45, 2.75) is 0 Å². The lowest BCUT2D eigenvalue weighted by Gasteiger charge is -2.04. The molecular weight excluding hydrogens is 168 g/mol. The van der Waals surface area contributed by atoms with Crippen molar-refractivity contribution in [2.24, 2.45) is 0 Å². The first-order valence-electron chi connectivity index (χ1n) is 3.65. The van der Waals surface area contributed by atoms with E-state index in [0.717, 1.165) is 6.08 Å². The molecule has 0 saturated heterocycles. The van der Waals surface area contributed by atoms with Crippen LogP contribution in [0.1, 0.15) is 0 Å². The van der Waals surface area contributed by atoms with Crippen LogP contribution in [0.2, 0.25) is 0 Å². The summed E-state index contributed by atoms with van der Waals surface area (Å²) in [6, 6.07) is 4.46. The Morgan fingerprint density at radius 1 is 1.62 bits per heavy atom. The molecule has 4 heteroatoms. The highest BCUT2D eigenvalue weighted by atomic mass is 16.3. The van der Waals surface area contributed by atoms with Gasteiger partial charge in [-0.2, -0.15) is 0 Å². The second-order valence-corrected chi connectivity index (χ2v) is 2.47. The third kappa shape index (κ3) is 2.23. The number of nitrogens with one attached hydrogen (secondary N) is 1. The number of carbonyl (C=O) groups is 1. The fourth-order valence-electron chi connectivity index (χ4n) is 0.838. The Morgan fingerprint density at radius 2 is 2.31 bits per heavy atom. The second kappa shape index (κ2) is 3.62. The number of amides is 1. The Morgan fingerprint density at radius 3 is 2.85 bits per heavy atom. The molecule has 0 atom stereocenters. The SMILES string of the molecule is C=CC(=O)Nc1ccc(N)cc1O. The Bertz CT molecular complexity index is 347. The zero-order valence-electron chi connectivity index (χ0n) is 6.95. The van der Waals surface area contributed by atoms with Crippen LogP contribution in [0.3, 0.4) is 0 Å². The van der Waals surface area contributed by atoms with E-state index in [0.29, 0.717) is 11.4 Å². The van der Waals surface area contributed by atoms with Gasteiger partial charge in [-0.25, -0.2) is 0 Å². The van der Waals surface area contributed by atoms with Gasteiger partial charge in [-0.3, -0.25) is 4.79 Å². The van der Waals surface area contributed by atoms with Gasteiger partial charge in [-0.1, -0.05) is 6.58 Å². The standard InChI is InChI=1S/C9H10N2O2/c1-2-9(13)11-7-4-3-6(10)5-8(7)12/h2-5,12H,1,10H2,(H,11,13). The van der Waals surface area contributed by atoms with Crippen LogP contribution in [0.25, 0.3) is 0 Å². The molecular formula is C9H10N2O2. The van der Waals surface area contributed by atoms with Gasteiger partial charge in [0.2, 0.25) is 5.91 Å². The fourth-order valence-corrected chi connectivity index (χ4v) is 0.838. The predicted octanol–water partition coefficient (Wildman–Crippen LogP) is 1.10. The van der Waals surface area contributed by atoms with Crippen LogP contribution < -0.4 is 11.1 Å². The minimum atomic E-state index is -0.375. The minimum absolute atomic E-state index is 0.0600. The second-order valence-electron chi connectivity index (χ2n) is 2.47. The third-order valence-electron chi connectivity index (χ3n) is 1.47. The van der Waals surface area contributed by atoms with E-state index in [-0.39, 0.29) is 11.7 Å². The van der Waals surface area contributed by atoms with Gasteiger partial charge in [0.1, 0.15) is 5.75 Å². The molecule has 1 aromatic carbocycles. The van der Waals surface area contributed by atoms with E-state index >= 15 is 0 Å². The molecule has 0 unspecified atom stereocenters. The molecule has 4 nitrogen and oxygen atoms in total. The lowest BCUT2D eigenvalue weighted by atomic mass is 10.2. The fraction of sp³-hybridized carbons (Fsp3) is 0. The summed E-state index contributed by atoms with van der Waals surface area (Å²) in [6.07, 6.45) is 1.12. The Kier molecular flexibility index (Phi) is 2.54. The number of hydrogen-bond donors (Lipinski definition) is 3. The van der Waals surface area contributed by atoms with E-state index in [1.54, 1.807) is 6.07 Å². The number of rotatable bonds is 2. The number of aromatic hydroxyl groups is 1. The average molecular weight is 178 g/mol. The lowest BCUT2D eigenvalue weighted by molar-refractivity contribution is -0.111. The molecule has 68 valence electrons. The number of phenols is 1. The molecule has 1 amide bonds. The predicted molar refractivity (Wildman–Crippen MR) is 51.3 cm³/mol. The summed E-state index contributed by atoms with van der Waals surface area (Å²) in [5.41, 5.74) is 6.16. The van der Waals surface area contributed by atoms with E-state index < -0.39 is 0 Å². The molecule has 0 aliphatic rings. The van der Waals surface area contributed by atoms with Crippen molar-refractivity contribution < 1.29 is 9.90 Å². The van der Waals surface area contributed by atoms with Crippen LogP contribution in [0.15, 0.2) is 30.9 Å². The first-order valence-corrected chi connectivity index (χ1v) is 3.65. The summed E-state index contributed by atoms with van der Waals surface area (Å²) < 4.78 is 0. The van der Waals surface area contributed by atoms with E-state index in [2.05, 4.69) is 11.9 Å². The maximum atomic E-state index is 10.8. The molecule has 1 rings (SSSR count). The van der Waals surface area contributed by atoms with Crippen LogP contribution in [-0.2, 0) is 4.79 Å². The molecule has 1 aromatic rings. The maximum Gasteiger partial charge on any atom is 0.247 e. The number of anilines is 2. The van der Waals surface area contributed by atoms with Gasteiger partial charge in [0, 0.05) is 11.8 Å². The maximum absolute atomic E-state index is 10.8. The van der Waals surface area contributed by atoms with Crippen molar-refractivity contribution in [2.75, 3.05) is 11.1 Å². The topological polar surface area (TPSA) is 75.4 Å². The number of phenolic OH excluding ortho intramolecular Hbond substituents is 1. The molecule has 0 radical (unpaired) electrons. The molecule has 0 bridgehead atoms. The highest BCUT2D eigenvalue weighted by molar-refractivity contribution is 5.99. The third-order valence-corrected chi connectivity index (χ3v) is 1.47. The number of carbonyl (C=O) groups excluding carboxylic acids is 1. The summed E-state index contributed by atoms with van der Waals surface area (Å²) in [6.45, 7) is 3.29. The van der Waals surface area contributed by atoms with Crippen LogP contribution in [-0.4, -0.2) is 11.0 Å². The van der Waals surface area contributed by atoms with Gasteiger partial charge in [-0.15, -0.1) is 0 Å². The smallest absolute Gasteiger partial charge is 0.247 e. The first kappa shape index (κ1) is 9.12. The average Bonchev–Trinajstić information content (AvgIpc) is 2.09. The number of benzene rings is 1. The number of nitrogen functional groups attached to an aromatic ring is 1. The summed E-state index contributed by atoms with van der Waals surface area (Å²) >= 11 is 0. The Balaban J connectivity index is 2.89. The van der Waals surface area contributed by atoms with Crippen LogP contribution in [0, 0.1) is 0 Å². The van der Waals surface area contributed by atoms with Gasteiger partial charge < -0.3 is 16.2 Å². The van der Waals surface area contributed by atoms with Crippen molar-refractivity contribution in [3.05, 3.63) is 30.9 Å². The van der Waals surface area contributed by atoms with Crippen LogP contribution >= 0.6 is 0 Å². The van der Waals surface area contributed by atoms with Gasteiger partial charge in [0.15, 0.2) is 0 Å². The van der Waals surface area contributed by atoms with Crippen molar-refractivity contribution in [1.82, 2.24) is 0 Å². The van der Waals surface area contributed by atoms with Gasteiger partial charge in [0.25, 0.3) is 0 Å². The molecule has 0 aliphatic heterocycles. The molecule has 0 aromatic heterocycles. The normalized spacial score (nSPS) is 9.23. The molecule has 0 spiro atoms. The number of nitrogens with two attached hydrogens (primary N) is 1. The van der Waals surface area contributed by atoms with Crippen molar-refractivity contribution >= 4 is 17.3 Å². The van der Waals surface area contributed by atoms with Crippen LogP contribution in [0.4, 0.5) is 11.4 Å². The van der Waals surface area contributed by atoms with E-state index in [1.807, 2.05) is 0 Å². The van der Waals surface area contributed by atoms with Crippen molar-refractivity contribution in [3.8, 4) is 5.75 Å². The van der Waals surface area contributed by atoms with Crippen molar-refractivity contribution in [3.63, 3.8) is 0 Å². The van der Waals surface area contributed by atoms with Crippen molar-refractivity contribution in [1.29, 1.82) is 0 Å². The summed E-state index contributed by atoms with van der Waals surface area (Å²) in [4.78, 5) is 10.8. The highest BCUT2D eigenvalue weighted by Gasteiger charge is 2.02. The largest absolute Gasteiger partial charge is 0.506 e. The summed E-state index contributed by atoms with van der Waals surface area (Å²) in [5, 5.41) is 11.7.